The molecule has 0 bridgehead atoms. The SMILES string of the molecule is COc1ccc(COC(=O)C2=C(CI)C[S@+]([O-])C3[C@H](NC(=O)/C(=N\OC(C)(C)C(=O)OC(C)(C)C)c4csc(NC(=O)OC(C)(C)C)n4)C(=O)N23)cc1. The number of rotatable bonds is 12. The number of carbonyl (C=O) groups is 5. The molecule has 1 saturated heterocycles. The highest BCUT2D eigenvalue weighted by Crippen LogP contribution is 2.38. The Morgan fingerprint density at radius 3 is 2.28 bits per heavy atom. The van der Waals surface area contributed by atoms with Crippen LogP contribution in [0, 0.1) is 0 Å². The Labute approximate surface area is 327 Å². The van der Waals surface area contributed by atoms with Crippen LogP contribution >= 0.6 is 33.9 Å². The van der Waals surface area contributed by atoms with E-state index in [4.69, 9.17) is 23.8 Å². The quantitative estimate of drug-likeness (QED) is 0.0450. The first kappa shape index (κ1) is 41.8. The molecule has 4 rings (SSSR count). The van der Waals surface area contributed by atoms with E-state index in [0.717, 1.165) is 16.2 Å². The first-order valence-corrected chi connectivity index (χ1v) is 20.0. The lowest BCUT2D eigenvalue weighted by atomic mass is 10.0. The Balaban J connectivity index is 1.57. The molecule has 2 aliphatic heterocycles. The normalized spacial score (nSPS) is 19.1. The third-order valence-corrected chi connectivity index (χ3v) is 10.5. The van der Waals surface area contributed by atoms with Crippen LogP contribution in [0.4, 0.5) is 9.93 Å². The van der Waals surface area contributed by atoms with Crippen LogP contribution < -0.4 is 15.4 Å². The van der Waals surface area contributed by atoms with Crippen molar-refractivity contribution in [2.24, 2.45) is 5.16 Å². The van der Waals surface area contributed by atoms with Gasteiger partial charge in [0.1, 0.15) is 40.7 Å². The number of amides is 3. The average molecular weight is 888 g/mol. The molecular formula is C34H42IN5O11S2. The molecule has 0 saturated carbocycles. The van der Waals surface area contributed by atoms with E-state index in [0.29, 0.717) is 21.3 Å². The number of β-lactam (4-membered cyclic amide) rings is 1. The zero-order chi connectivity index (χ0) is 39.5. The monoisotopic (exact) mass is 887 g/mol. The summed E-state index contributed by atoms with van der Waals surface area (Å²) in [6, 6.07) is 5.57. The summed E-state index contributed by atoms with van der Waals surface area (Å²) < 4.78 is 35.2. The van der Waals surface area contributed by atoms with Crippen molar-refractivity contribution in [2.75, 3.05) is 22.6 Å². The zero-order valence-electron chi connectivity index (χ0n) is 30.7. The Morgan fingerprint density at radius 2 is 1.70 bits per heavy atom. The van der Waals surface area contributed by atoms with Gasteiger partial charge in [0.25, 0.3) is 11.8 Å². The van der Waals surface area contributed by atoms with E-state index in [-0.39, 0.29) is 28.9 Å². The molecule has 2 aromatic rings. The van der Waals surface area contributed by atoms with Gasteiger partial charge in [-0.1, -0.05) is 39.9 Å². The van der Waals surface area contributed by atoms with Crippen molar-refractivity contribution in [1.82, 2.24) is 15.2 Å². The number of nitrogens with one attached hydrogen (secondary N) is 2. The van der Waals surface area contributed by atoms with E-state index in [1.165, 1.54) is 26.3 Å². The molecule has 0 spiro atoms. The molecule has 19 heteroatoms. The summed E-state index contributed by atoms with van der Waals surface area (Å²) in [6.45, 7) is 12.8. The van der Waals surface area contributed by atoms with Gasteiger partial charge in [-0.25, -0.2) is 19.4 Å². The molecule has 16 nitrogen and oxygen atoms in total. The van der Waals surface area contributed by atoms with Crippen molar-refractivity contribution in [2.45, 2.75) is 90.2 Å². The summed E-state index contributed by atoms with van der Waals surface area (Å²) in [5.41, 5.74) is -2.75. The molecule has 288 valence electrons. The number of hydrogen-bond acceptors (Lipinski definition) is 14. The fourth-order valence-corrected chi connectivity index (χ4v) is 8.09. The minimum absolute atomic E-state index is 0.0262. The summed E-state index contributed by atoms with van der Waals surface area (Å²) in [5, 5.41) is 9.36. The number of methoxy groups -OCH3 is 1. The van der Waals surface area contributed by atoms with Crippen molar-refractivity contribution in [1.29, 1.82) is 0 Å². The minimum atomic E-state index is -1.71. The second kappa shape index (κ2) is 16.6. The van der Waals surface area contributed by atoms with Crippen molar-refractivity contribution in [3.63, 3.8) is 0 Å². The van der Waals surface area contributed by atoms with Gasteiger partial charge in [0.2, 0.25) is 11.0 Å². The number of esters is 2. The summed E-state index contributed by atoms with van der Waals surface area (Å²) in [5.74, 6) is -2.62. The number of aromatic nitrogens is 1. The fraction of sp³-hybridized carbons (Fsp3) is 0.500. The third kappa shape index (κ3) is 10.6. The molecule has 2 N–H and O–H groups in total. The molecule has 3 amide bonds. The fourth-order valence-electron chi connectivity index (χ4n) is 4.73. The molecule has 1 unspecified atom stereocenters. The highest BCUT2D eigenvalue weighted by atomic mass is 127. The van der Waals surface area contributed by atoms with Crippen molar-refractivity contribution in [3.8, 4) is 5.75 Å². The highest BCUT2D eigenvalue weighted by molar-refractivity contribution is 14.1. The predicted molar refractivity (Wildman–Crippen MR) is 204 cm³/mol. The molecule has 1 aromatic carbocycles. The van der Waals surface area contributed by atoms with Crippen molar-refractivity contribution in [3.05, 3.63) is 52.2 Å². The summed E-state index contributed by atoms with van der Waals surface area (Å²) in [4.78, 5) is 77.1. The Morgan fingerprint density at radius 1 is 1.06 bits per heavy atom. The van der Waals surface area contributed by atoms with E-state index in [1.807, 2.05) is 22.6 Å². The van der Waals surface area contributed by atoms with Gasteiger partial charge in [-0.2, -0.15) is 0 Å². The second-order valence-corrected chi connectivity index (χ2v) is 17.4. The highest BCUT2D eigenvalue weighted by Gasteiger charge is 2.61. The van der Waals surface area contributed by atoms with Gasteiger partial charge < -0.3 is 33.7 Å². The van der Waals surface area contributed by atoms with Gasteiger partial charge >= 0.3 is 18.0 Å². The summed E-state index contributed by atoms with van der Waals surface area (Å²) in [7, 11) is 1.53. The van der Waals surface area contributed by atoms with Gasteiger partial charge in [-0.3, -0.25) is 19.8 Å². The number of alkyl halides is 1. The lowest BCUT2D eigenvalue weighted by molar-refractivity contribution is -0.179. The van der Waals surface area contributed by atoms with Crippen molar-refractivity contribution < 1.29 is 52.3 Å². The Bertz CT molecular complexity index is 1800. The van der Waals surface area contributed by atoms with Crippen LogP contribution in [0.3, 0.4) is 0 Å². The molecule has 0 radical (unpaired) electrons. The predicted octanol–water partition coefficient (Wildman–Crippen LogP) is 4.19. The zero-order valence-corrected chi connectivity index (χ0v) is 34.5. The maximum Gasteiger partial charge on any atom is 0.413 e. The largest absolute Gasteiger partial charge is 0.614 e. The summed E-state index contributed by atoms with van der Waals surface area (Å²) in [6.07, 6.45) is -0.791. The smallest absolute Gasteiger partial charge is 0.413 e. The van der Waals surface area contributed by atoms with E-state index in [2.05, 4.69) is 20.8 Å². The van der Waals surface area contributed by atoms with Crippen LogP contribution in [0.25, 0.3) is 0 Å². The van der Waals surface area contributed by atoms with Gasteiger partial charge in [-0.05, 0) is 84.3 Å². The number of thiazole rings is 1. The first-order chi connectivity index (χ1) is 24.6. The van der Waals surface area contributed by atoms with Gasteiger partial charge in [-0.15, -0.1) is 11.3 Å². The van der Waals surface area contributed by atoms with Crippen molar-refractivity contribution >= 4 is 85.8 Å². The van der Waals surface area contributed by atoms with Gasteiger partial charge in [0.15, 0.2) is 16.9 Å². The van der Waals surface area contributed by atoms with Crippen LogP contribution in [0.15, 0.2) is 46.1 Å². The van der Waals surface area contributed by atoms with Gasteiger partial charge in [0.05, 0.1) is 7.11 Å². The number of fused-ring (bicyclic) bond motifs is 1. The number of nitrogens with zero attached hydrogens (tertiary/aromatic N) is 3. The van der Waals surface area contributed by atoms with Crippen LogP contribution in [-0.2, 0) is 56.0 Å². The lowest BCUT2D eigenvalue weighted by Gasteiger charge is -2.49. The number of anilines is 1. The van der Waals surface area contributed by atoms with E-state index >= 15 is 0 Å². The lowest BCUT2D eigenvalue weighted by Crippen LogP contribution is -2.75. The second-order valence-electron chi connectivity index (χ2n) is 14.3. The molecule has 1 aromatic heterocycles. The van der Waals surface area contributed by atoms with E-state index < -0.39 is 75.0 Å². The van der Waals surface area contributed by atoms with Crippen LogP contribution in [0.2, 0.25) is 0 Å². The van der Waals surface area contributed by atoms with Crippen LogP contribution in [0.1, 0.15) is 66.6 Å². The first-order valence-electron chi connectivity index (χ1n) is 16.2. The number of ether oxygens (including phenoxy) is 4. The topological polar surface area (TPSA) is 207 Å². The molecule has 53 heavy (non-hydrogen) atoms. The molecule has 3 heterocycles. The maximum absolute atomic E-state index is 13.9. The number of benzene rings is 1. The minimum Gasteiger partial charge on any atom is -0.614 e. The van der Waals surface area contributed by atoms with Crippen LogP contribution in [-0.4, -0.2) is 95.5 Å². The maximum atomic E-state index is 13.9. The van der Waals surface area contributed by atoms with Crippen LogP contribution in [0.5, 0.6) is 5.75 Å². The number of oxime groups is 1. The number of hydrogen-bond donors (Lipinski definition) is 2. The number of carbonyl (C=O) groups excluding carboxylic acids is 5. The molecule has 1 fully saturated rings. The average Bonchev–Trinajstić information content (AvgIpc) is 3.51. The molecule has 0 aliphatic carbocycles. The summed E-state index contributed by atoms with van der Waals surface area (Å²) >= 11 is 1.26. The molecule has 3 atom stereocenters. The molecular weight excluding hydrogens is 845 g/mol. The van der Waals surface area contributed by atoms with E-state index in [9.17, 15) is 28.5 Å². The Hall–Kier alpha value is -3.95. The van der Waals surface area contributed by atoms with E-state index in [1.54, 1.807) is 65.8 Å². The number of halogens is 1. The van der Waals surface area contributed by atoms with Gasteiger partial charge in [0, 0.05) is 15.4 Å². The third-order valence-electron chi connectivity index (χ3n) is 7.20. The standard InChI is InChI=1S/C34H42IN5O11S2/c1-32(2,3)49-29(44)34(7,8)51-39-22(21-16-52-30(36-21)38-31(45)50-33(4,5)6)25(41)37-23-26(42)40-24(19(14-35)17-53(46)27(23)40)28(43)48-15-18-10-12-20(47-9)13-11-18/h10-13,16,23,27H,14-15,17H2,1-9H3,(H,37,41)(H,36,38,45)/b39-22-/t23-,27?,53+/m1/s1. The Kier molecular flexibility index (Phi) is 13.1. The molecule has 2 aliphatic rings.